The van der Waals surface area contributed by atoms with E-state index in [4.69, 9.17) is 16.3 Å². The summed E-state index contributed by atoms with van der Waals surface area (Å²) in [6.07, 6.45) is 0.0652. The van der Waals surface area contributed by atoms with Crippen LogP contribution in [0.15, 0.2) is 24.3 Å². The van der Waals surface area contributed by atoms with Crippen LogP contribution in [0.3, 0.4) is 0 Å². The van der Waals surface area contributed by atoms with Crippen molar-refractivity contribution in [3.63, 3.8) is 0 Å². The Bertz CT molecular complexity index is 422. The van der Waals surface area contributed by atoms with Gasteiger partial charge in [0.25, 0.3) is 5.69 Å². The van der Waals surface area contributed by atoms with Crippen molar-refractivity contribution in [2.45, 2.75) is 6.42 Å². The van der Waals surface area contributed by atoms with Crippen LogP contribution in [0.5, 0.6) is 0 Å². The van der Waals surface area contributed by atoms with Gasteiger partial charge in [0.1, 0.15) is 0 Å². The summed E-state index contributed by atoms with van der Waals surface area (Å²) in [5.74, 6) is 0.425. The summed E-state index contributed by atoms with van der Waals surface area (Å²) in [5, 5.41) is 10.5. The molecule has 1 amide bonds. The predicted octanol–water partition coefficient (Wildman–Crippen LogP) is 2.80. The van der Waals surface area contributed by atoms with Crippen molar-refractivity contribution in [2.24, 2.45) is 0 Å². The third-order valence-corrected chi connectivity index (χ3v) is 2.49. The molecule has 6 nitrogen and oxygen atoms in total. The number of halogens is 1. The number of nitro groups is 1. The Kier molecular flexibility index (Phi) is 5.38. The smallest absolute Gasteiger partial charge is 0.414 e. The van der Waals surface area contributed by atoms with Crippen molar-refractivity contribution >= 4 is 29.1 Å². The first-order valence-electron chi connectivity index (χ1n) is 5.27. The Hall–Kier alpha value is -1.82. The first kappa shape index (κ1) is 14.2. The van der Waals surface area contributed by atoms with Gasteiger partial charge in [0, 0.05) is 30.7 Å². The van der Waals surface area contributed by atoms with Gasteiger partial charge >= 0.3 is 6.09 Å². The maximum atomic E-state index is 11.6. The second-order valence-corrected chi connectivity index (χ2v) is 3.87. The van der Waals surface area contributed by atoms with Gasteiger partial charge in [-0.05, 0) is 18.6 Å². The minimum Gasteiger partial charge on any atom is -0.449 e. The van der Waals surface area contributed by atoms with Crippen LogP contribution in [0.1, 0.15) is 6.42 Å². The van der Waals surface area contributed by atoms with Crippen LogP contribution in [0, 0.1) is 10.1 Å². The molecule has 1 rings (SSSR count). The molecule has 0 aliphatic heterocycles. The first-order chi connectivity index (χ1) is 8.56. The van der Waals surface area contributed by atoms with E-state index >= 15 is 0 Å². The van der Waals surface area contributed by atoms with E-state index in [9.17, 15) is 14.9 Å². The van der Waals surface area contributed by atoms with Crippen LogP contribution in [0.2, 0.25) is 0 Å². The van der Waals surface area contributed by atoms with E-state index in [1.807, 2.05) is 0 Å². The van der Waals surface area contributed by atoms with Crippen LogP contribution < -0.4 is 4.90 Å². The maximum Gasteiger partial charge on any atom is 0.414 e. The van der Waals surface area contributed by atoms with E-state index in [1.54, 1.807) is 0 Å². The van der Waals surface area contributed by atoms with E-state index in [2.05, 4.69) is 0 Å². The lowest BCUT2D eigenvalue weighted by atomic mass is 10.3. The lowest BCUT2D eigenvalue weighted by Crippen LogP contribution is -2.27. The topological polar surface area (TPSA) is 72.7 Å². The highest BCUT2D eigenvalue weighted by atomic mass is 35.5. The van der Waals surface area contributed by atoms with Crippen molar-refractivity contribution in [1.82, 2.24) is 0 Å². The van der Waals surface area contributed by atoms with E-state index < -0.39 is 11.0 Å². The molecular formula is C11H13ClN2O4. The molecule has 0 unspecified atom stereocenters. The van der Waals surface area contributed by atoms with Gasteiger partial charge in [-0.1, -0.05) is 0 Å². The molecule has 0 saturated carbocycles. The number of nitro benzene ring substituents is 1. The van der Waals surface area contributed by atoms with Gasteiger partial charge in [-0.15, -0.1) is 11.6 Å². The van der Waals surface area contributed by atoms with Gasteiger partial charge in [0.05, 0.1) is 11.5 Å². The Labute approximate surface area is 109 Å². The summed E-state index contributed by atoms with van der Waals surface area (Å²) < 4.78 is 4.94. The number of anilines is 1. The minimum absolute atomic E-state index is 0.0253. The summed E-state index contributed by atoms with van der Waals surface area (Å²) in [7, 11) is 1.53. The average Bonchev–Trinajstić information content (AvgIpc) is 2.38. The highest BCUT2D eigenvalue weighted by Crippen LogP contribution is 2.18. The number of benzene rings is 1. The monoisotopic (exact) mass is 272 g/mol. The summed E-state index contributed by atoms with van der Waals surface area (Å²) >= 11 is 5.46. The molecule has 1 aromatic rings. The van der Waals surface area contributed by atoms with Crippen LogP contribution in [-0.2, 0) is 4.74 Å². The molecule has 0 bridgehead atoms. The normalized spacial score (nSPS) is 9.89. The van der Waals surface area contributed by atoms with Crippen LogP contribution in [-0.4, -0.2) is 30.6 Å². The molecule has 0 heterocycles. The zero-order valence-electron chi connectivity index (χ0n) is 9.84. The highest BCUT2D eigenvalue weighted by Gasteiger charge is 2.13. The van der Waals surface area contributed by atoms with Gasteiger partial charge < -0.3 is 4.74 Å². The van der Waals surface area contributed by atoms with Crippen LogP contribution >= 0.6 is 11.6 Å². The van der Waals surface area contributed by atoms with E-state index in [0.29, 0.717) is 18.0 Å². The Morgan fingerprint density at radius 3 is 2.56 bits per heavy atom. The summed E-state index contributed by atoms with van der Waals surface area (Å²) in [5.41, 5.74) is 0.499. The third kappa shape index (κ3) is 3.89. The van der Waals surface area contributed by atoms with Gasteiger partial charge in [-0.25, -0.2) is 4.79 Å². The second-order valence-electron chi connectivity index (χ2n) is 3.49. The number of carbonyl (C=O) groups is 1. The number of amides is 1. The number of nitrogens with zero attached hydrogens (tertiary/aromatic N) is 2. The number of alkyl halides is 1. The SMILES string of the molecule is CN(C(=O)OCCCCl)c1ccc([N+](=O)[O-])cc1. The molecule has 0 aliphatic carbocycles. The fraction of sp³-hybridized carbons (Fsp3) is 0.364. The lowest BCUT2D eigenvalue weighted by Gasteiger charge is -2.16. The standard InChI is InChI=1S/C11H13ClN2O4/c1-13(11(15)18-8-2-7-12)9-3-5-10(6-4-9)14(16)17/h3-6H,2,7-8H2,1H3. The van der Waals surface area contributed by atoms with Crippen molar-refractivity contribution in [3.8, 4) is 0 Å². The highest BCUT2D eigenvalue weighted by molar-refractivity contribution is 6.17. The second kappa shape index (κ2) is 6.80. The fourth-order valence-corrected chi connectivity index (χ4v) is 1.32. The summed E-state index contributed by atoms with van der Waals surface area (Å²) in [4.78, 5) is 22.8. The fourth-order valence-electron chi connectivity index (χ4n) is 1.21. The van der Waals surface area contributed by atoms with Crippen LogP contribution in [0.25, 0.3) is 0 Å². The van der Waals surface area contributed by atoms with E-state index in [-0.39, 0.29) is 12.3 Å². The van der Waals surface area contributed by atoms with Gasteiger partial charge in [-0.2, -0.15) is 0 Å². The number of hydrogen-bond donors (Lipinski definition) is 0. The maximum absolute atomic E-state index is 11.6. The van der Waals surface area contributed by atoms with Crippen molar-refractivity contribution < 1.29 is 14.5 Å². The zero-order valence-corrected chi connectivity index (χ0v) is 10.6. The van der Waals surface area contributed by atoms with Gasteiger partial charge in [-0.3, -0.25) is 15.0 Å². The first-order valence-corrected chi connectivity index (χ1v) is 5.80. The molecule has 0 N–H and O–H groups in total. The number of non-ortho nitro benzene ring substituents is 1. The summed E-state index contributed by atoms with van der Waals surface area (Å²) in [6.45, 7) is 0.250. The van der Waals surface area contributed by atoms with Crippen molar-refractivity contribution in [3.05, 3.63) is 34.4 Å². The summed E-state index contributed by atoms with van der Waals surface area (Å²) in [6, 6.07) is 5.64. The van der Waals surface area contributed by atoms with E-state index in [1.165, 1.54) is 36.2 Å². The van der Waals surface area contributed by atoms with Gasteiger partial charge in [0.2, 0.25) is 0 Å². The quantitative estimate of drug-likeness (QED) is 0.358. The number of hydrogen-bond acceptors (Lipinski definition) is 4. The molecule has 0 fully saturated rings. The Morgan fingerprint density at radius 1 is 1.44 bits per heavy atom. The molecule has 18 heavy (non-hydrogen) atoms. The Balaban J connectivity index is 2.63. The Morgan fingerprint density at radius 2 is 2.06 bits per heavy atom. The molecule has 98 valence electrons. The largest absolute Gasteiger partial charge is 0.449 e. The molecular weight excluding hydrogens is 260 g/mol. The number of rotatable bonds is 5. The zero-order chi connectivity index (χ0) is 13.5. The van der Waals surface area contributed by atoms with Crippen molar-refractivity contribution in [2.75, 3.05) is 24.4 Å². The van der Waals surface area contributed by atoms with E-state index in [0.717, 1.165) is 0 Å². The molecule has 1 aromatic carbocycles. The third-order valence-electron chi connectivity index (χ3n) is 2.23. The molecule has 0 radical (unpaired) electrons. The number of ether oxygens (including phenoxy) is 1. The van der Waals surface area contributed by atoms with Crippen LogP contribution in [0.4, 0.5) is 16.2 Å². The molecule has 0 aromatic heterocycles. The minimum atomic E-state index is -0.519. The van der Waals surface area contributed by atoms with Crippen molar-refractivity contribution in [1.29, 1.82) is 0 Å². The number of carbonyl (C=O) groups excluding carboxylic acids is 1. The molecule has 0 atom stereocenters. The molecule has 0 saturated heterocycles. The molecule has 0 aliphatic rings. The average molecular weight is 273 g/mol. The lowest BCUT2D eigenvalue weighted by molar-refractivity contribution is -0.384. The molecule has 0 spiro atoms. The van der Waals surface area contributed by atoms with Gasteiger partial charge in [0.15, 0.2) is 0 Å². The predicted molar refractivity (Wildman–Crippen MR) is 68.2 cm³/mol. The molecule has 7 heteroatoms.